The lowest BCUT2D eigenvalue weighted by atomic mass is 9.64. The highest BCUT2D eigenvalue weighted by atomic mass is 35.5. The van der Waals surface area contributed by atoms with E-state index in [2.05, 4.69) is 10.6 Å². The molecule has 0 spiro atoms. The Morgan fingerprint density at radius 3 is 2.40 bits per heavy atom. The number of hydrogen-bond donors (Lipinski definition) is 2. The van der Waals surface area contributed by atoms with Crippen LogP contribution < -0.4 is 10.6 Å². The van der Waals surface area contributed by atoms with Gasteiger partial charge in [-0.25, -0.2) is 0 Å². The number of amides is 2. The van der Waals surface area contributed by atoms with E-state index in [1.807, 2.05) is 31.2 Å². The minimum atomic E-state index is -0.411. The summed E-state index contributed by atoms with van der Waals surface area (Å²) in [4.78, 5) is 24.7. The van der Waals surface area contributed by atoms with Gasteiger partial charge in [0.2, 0.25) is 5.91 Å². The predicted octanol–water partition coefficient (Wildman–Crippen LogP) is 4.15. The Balaban J connectivity index is 1.74. The Kier molecular flexibility index (Phi) is 5.09. The van der Waals surface area contributed by atoms with Crippen LogP contribution in [0.15, 0.2) is 48.5 Å². The molecule has 0 aromatic heterocycles. The molecule has 1 saturated carbocycles. The number of likely N-dealkylation sites (N-methyl/N-ethyl adjacent to an activating group) is 1. The van der Waals surface area contributed by atoms with Crippen LogP contribution in [-0.2, 0) is 10.2 Å². The fraction of sp³-hybridized carbons (Fsp3) is 0.300. The molecule has 5 heteroatoms. The molecular weight excluding hydrogens is 336 g/mol. The first-order valence-electron chi connectivity index (χ1n) is 8.51. The van der Waals surface area contributed by atoms with E-state index in [-0.39, 0.29) is 11.8 Å². The van der Waals surface area contributed by atoms with Crippen molar-refractivity contribution in [3.05, 3.63) is 64.7 Å². The molecule has 2 aromatic carbocycles. The highest BCUT2D eigenvalue weighted by molar-refractivity contribution is 6.31. The number of carbonyl (C=O) groups excluding carboxylic acids is 2. The lowest BCUT2D eigenvalue weighted by Gasteiger charge is -2.40. The summed E-state index contributed by atoms with van der Waals surface area (Å²) in [7, 11) is 0. The number of anilines is 1. The normalized spacial score (nSPS) is 15.1. The van der Waals surface area contributed by atoms with Crippen LogP contribution in [-0.4, -0.2) is 18.4 Å². The third-order valence-electron chi connectivity index (χ3n) is 4.76. The van der Waals surface area contributed by atoms with E-state index in [0.717, 1.165) is 24.8 Å². The highest BCUT2D eigenvalue weighted by Crippen LogP contribution is 2.44. The average molecular weight is 357 g/mol. The van der Waals surface area contributed by atoms with E-state index in [1.54, 1.807) is 24.3 Å². The van der Waals surface area contributed by atoms with Gasteiger partial charge in [-0.05, 0) is 55.7 Å². The summed E-state index contributed by atoms with van der Waals surface area (Å²) >= 11 is 5.92. The van der Waals surface area contributed by atoms with Gasteiger partial charge < -0.3 is 10.6 Å². The van der Waals surface area contributed by atoms with Gasteiger partial charge in [0.05, 0.1) is 5.41 Å². The van der Waals surface area contributed by atoms with Crippen molar-refractivity contribution >= 4 is 29.1 Å². The van der Waals surface area contributed by atoms with Crippen LogP contribution in [0.1, 0.15) is 42.1 Å². The molecular formula is C20H21ClN2O2. The smallest absolute Gasteiger partial charge is 0.255 e. The van der Waals surface area contributed by atoms with E-state index >= 15 is 0 Å². The molecule has 0 heterocycles. The van der Waals surface area contributed by atoms with Crippen molar-refractivity contribution in [2.75, 3.05) is 11.9 Å². The van der Waals surface area contributed by atoms with Gasteiger partial charge in [-0.15, -0.1) is 0 Å². The molecule has 1 fully saturated rings. The first-order chi connectivity index (χ1) is 12.0. The summed E-state index contributed by atoms with van der Waals surface area (Å²) in [6.45, 7) is 2.56. The summed E-state index contributed by atoms with van der Waals surface area (Å²) in [6, 6.07) is 14.4. The Bertz CT molecular complexity index is 783. The zero-order valence-electron chi connectivity index (χ0n) is 14.1. The van der Waals surface area contributed by atoms with Crippen molar-refractivity contribution in [1.29, 1.82) is 0 Å². The van der Waals surface area contributed by atoms with Crippen LogP contribution in [0.3, 0.4) is 0 Å². The molecule has 4 nitrogen and oxygen atoms in total. The molecule has 2 N–H and O–H groups in total. The van der Waals surface area contributed by atoms with Crippen molar-refractivity contribution in [2.45, 2.75) is 31.6 Å². The maximum absolute atomic E-state index is 12.4. The van der Waals surface area contributed by atoms with Gasteiger partial charge in [-0.2, -0.15) is 0 Å². The third-order valence-corrected chi connectivity index (χ3v) is 5.00. The Morgan fingerprint density at radius 2 is 1.84 bits per heavy atom. The Labute approximate surface area is 152 Å². The van der Waals surface area contributed by atoms with Gasteiger partial charge in [0, 0.05) is 22.8 Å². The third kappa shape index (κ3) is 3.54. The van der Waals surface area contributed by atoms with Crippen LogP contribution in [0.4, 0.5) is 5.69 Å². The molecule has 130 valence electrons. The Hall–Kier alpha value is -2.33. The van der Waals surface area contributed by atoms with E-state index in [1.165, 1.54) is 0 Å². The topological polar surface area (TPSA) is 58.2 Å². The summed E-state index contributed by atoms with van der Waals surface area (Å²) in [5.74, 6) is -0.116. The van der Waals surface area contributed by atoms with E-state index in [0.29, 0.717) is 22.8 Å². The van der Waals surface area contributed by atoms with Gasteiger partial charge in [0.15, 0.2) is 0 Å². The van der Waals surface area contributed by atoms with Crippen LogP contribution in [0.5, 0.6) is 0 Å². The number of benzene rings is 2. The zero-order chi connectivity index (χ0) is 17.9. The van der Waals surface area contributed by atoms with Crippen molar-refractivity contribution in [2.24, 2.45) is 0 Å². The van der Waals surface area contributed by atoms with Gasteiger partial charge in [0.1, 0.15) is 0 Å². The van der Waals surface area contributed by atoms with E-state index < -0.39 is 5.41 Å². The summed E-state index contributed by atoms with van der Waals surface area (Å²) in [5.41, 5.74) is 1.80. The quantitative estimate of drug-likeness (QED) is 0.845. The molecule has 0 radical (unpaired) electrons. The second-order valence-electron chi connectivity index (χ2n) is 6.34. The molecule has 2 amide bonds. The zero-order valence-corrected chi connectivity index (χ0v) is 14.9. The molecule has 0 bridgehead atoms. The number of nitrogens with one attached hydrogen (secondary N) is 2. The molecule has 0 aliphatic heterocycles. The first-order valence-corrected chi connectivity index (χ1v) is 8.89. The maximum atomic E-state index is 12.4. The fourth-order valence-corrected chi connectivity index (χ4v) is 3.40. The van der Waals surface area contributed by atoms with Crippen molar-refractivity contribution in [1.82, 2.24) is 5.32 Å². The van der Waals surface area contributed by atoms with Gasteiger partial charge in [-0.3, -0.25) is 9.59 Å². The maximum Gasteiger partial charge on any atom is 0.255 e. The van der Waals surface area contributed by atoms with Crippen LogP contribution in [0, 0.1) is 0 Å². The van der Waals surface area contributed by atoms with E-state index in [9.17, 15) is 9.59 Å². The molecule has 1 aliphatic carbocycles. The minimum absolute atomic E-state index is 0.0944. The highest BCUT2D eigenvalue weighted by Gasteiger charge is 2.45. The standard InChI is InChI=1S/C20H21ClN2O2/c1-2-22-19(25)20(11-4-12-20)15-7-9-17(10-8-15)23-18(24)14-5-3-6-16(21)13-14/h3,5-10,13H,2,4,11-12H2,1H3,(H,22,25)(H,23,24). The molecule has 2 aromatic rings. The van der Waals surface area contributed by atoms with Gasteiger partial charge >= 0.3 is 0 Å². The second-order valence-corrected chi connectivity index (χ2v) is 6.77. The first kappa shape index (κ1) is 17.5. The van der Waals surface area contributed by atoms with E-state index in [4.69, 9.17) is 11.6 Å². The number of carbonyl (C=O) groups is 2. The monoisotopic (exact) mass is 356 g/mol. The fourth-order valence-electron chi connectivity index (χ4n) is 3.21. The lowest BCUT2D eigenvalue weighted by Crippen LogP contribution is -2.49. The molecule has 0 saturated heterocycles. The van der Waals surface area contributed by atoms with Crippen LogP contribution >= 0.6 is 11.6 Å². The van der Waals surface area contributed by atoms with Crippen molar-refractivity contribution in [3.8, 4) is 0 Å². The molecule has 1 aliphatic rings. The number of rotatable bonds is 5. The summed E-state index contributed by atoms with van der Waals surface area (Å²) in [6.07, 6.45) is 2.80. The summed E-state index contributed by atoms with van der Waals surface area (Å²) in [5, 5.41) is 6.32. The largest absolute Gasteiger partial charge is 0.356 e. The molecule has 0 atom stereocenters. The number of hydrogen-bond acceptors (Lipinski definition) is 2. The van der Waals surface area contributed by atoms with Gasteiger partial charge in [-0.1, -0.05) is 36.2 Å². The molecule has 25 heavy (non-hydrogen) atoms. The molecule has 3 rings (SSSR count). The second kappa shape index (κ2) is 7.28. The average Bonchev–Trinajstić information content (AvgIpc) is 2.55. The predicted molar refractivity (Wildman–Crippen MR) is 100 cm³/mol. The lowest BCUT2D eigenvalue weighted by molar-refractivity contribution is -0.129. The number of halogens is 1. The van der Waals surface area contributed by atoms with Crippen LogP contribution in [0.25, 0.3) is 0 Å². The SMILES string of the molecule is CCNC(=O)C1(c2ccc(NC(=O)c3cccc(Cl)c3)cc2)CCC1. The summed E-state index contributed by atoms with van der Waals surface area (Å²) < 4.78 is 0. The van der Waals surface area contributed by atoms with Crippen molar-refractivity contribution in [3.63, 3.8) is 0 Å². The van der Waals surface area contributed by atoms with Crippen LogP contribution in [0.2, 0.25) is 5.02 Å². The Morgan fingerprint density at radius 1 is 1.12 bits per heavy atom. The minimum Gasteiger partial charge on any atom is -0.356 e. The van der Waals surface area contributed by atoms with Crippen molar-refractivity contribution < 1.29 is 9.59 Å². The van der Waals surface area contributed by atoms with Gasteiger partial charge in [0.25, 0.3) is 5.91 Å². The molecule has 0 unspecified atom stereocenters.